The van der Waals surface area contributed by atoms with Crippen molar-refractivity contribution in [3.8, 4) is 11.1 Å². The summed E-state index contributed by atoms with van der Waals surface area (Å²) in [6.07, 6.45) is 0.898. The average Bonchev–Trinajstić information content (AvgIpc) is 2.52. The summed E-state index contributed by atoms with van der Waals surface area (Å²) >= 11 is 0. The van der Waals surface area contributed by atoms with Gasteiger partial charge in [0.15, 0.2) is 6.29 Å². The summed E-state index contributed by atoms with van der Waals surface area (Å²) in [5, 5.41) is 0. The molecule has 0 N–H and O–H groups in total. The number of carbonyl (C=O) groups excluding carboxylic acids is 1. The maximum atomic E-state index is 10.9. The van der Waals surface area contributed by atoms with Crippen LogP contribution in [0, 0.1) is 6.92 Å². The largest absolute Gasteiger partial charge is 0.298 e. The molecular weight excluding hydrogens is 232 g/mol. The van der Waals surface area contributed by atoms with Gasteiger partial charge in [-0.25, -0.2) is 0 Å². The average molecular weight is 256 g/mol. The Morgan fingerprint density at radius 2 is 1.32 bits per heavy atom. The topological polar surface area (TPSA) is 17.1 Å². The van der Waals surface area contributed by atoms with E-state index in [-0.39, 0.29) is 0 Å². The highest BCUT2D eigenvalue weighted by molar-refractivity contribution is 5.87. The van der Waals surface area contributed by atoms with E-state index >= 15 is 0 Å². The van der Waals surface area contributed by atoms with E-state index in [0.717, 1.165) is 23.0 Å². The Morgan fingerprint density at radius 1 is 0.789 bits per heavy atom. The van der Waals surface area contributed by atoms with E-state index in [2.05, 4.69) is 19.1 Å². The Labute approximate surface area is 117 Å². The molecule has 2 rings (SSSR count). The molecule has 0 saturated heterocycles. The van der Waals surface area contributed by atoms with Crippen molar-refractivity contribution in [1.82, 2.24) is 0 Å². The van der Waals surface area contributed by atoms with Crippen LogP contribution in [-0.4, -0.2) is 6.29 Å². The lowest BCUT2D eigenvalue weighted by molar-refractivity contribution is 0.112. The Morgan fingerprint density at radius 3 is 1.84 bits per heavy atom. The molecule has 0 aliphatic rings. The molecule has 0 aliphatic carbocycles. The first-order valence-corrected chi connectivity index (χ1v) is 6.92. The molecule has 2 aromatic rings. The molecule has 0 radical (unpaired) electrons. The fraction of sp³-hybridized carbons (Fsp3) is 0.278. The molecule has 0 saturated carbocycles. The van der Waals surface area contributed by atoms with Crippen LogP contribution in [0.15, 0.2) is 48.5 Å². The minimum atomic E-state index is 0.737. The number of benzene rings is 2. The summed E-state index contributed by atoms with van der Waals surface area (Å²) in [6, 6.07) is 15.8. The third-order valence-electron chi connectivity index (χ3n) is 2.45. The van der Waals surface area contributed by atoms with Gasteiger partial charge in [-0.2, -0.15) is 0 Å². The molecule has 102 valence electrons. The lowest BCUT2D eigenvalue weighted by atomic mass is 10.00. The molecule has 0 aliphatic heterocycles. The molecule has 0 unspecified atom stereocenters. The van der Waals surface area contributed by atoms with Gasteiger partial charge in [0.2, 0.25) is 0 Å². The first kappa shape index (κ1) is 17.1. The van der Waals surface area contributed by atoms with Crippen molar-refractivity contribution < 1.29 is 4.79 Å². The van der Waals surface area contributed by atoms with Gasteiger partial charge in [-0.3, -0.25) is 4.79 Å². The summed E-state index contributed by atoms with van der Waals surface area (Å²) in [5.74, 6) is 0. The molecule has 0 atom stereocenters. The van der Waals surface area contributed by atoms with Crippen molar-refractivity contribution in [3.63, 3.8) is 0 Å². The van der Waals surface area contributed by atoms with Gasteiger partial charge in [0.25, 0.3) is 0 Å². The van der Waals surface area contributed by atoms with Crippen molar-refractivity contribution in [1.29, 1.82) is 0 Å². The highest BCUT2D eigenvalue weighted by atomic mass is 16.1. The second-order valence-electron chi connectivity index (χ2n) is 3.57. The molecule has 2 aromatic carbocycles. The van der Waals surface area contributed by atoms with Crippen LogP contribution in [0.25, 0.3) is 11.1 Å². The number of aldehydes is 1. The molecule has 0 aromatic heterocycles. The summed E-state index contributed by atoms with van der Waals surface area (Å²) in [5.41, 5.74) is 4.04. The zero-order valence-corrected chi connectivity index (χ0v) is 12.6. The van der Waals surface area contributed by atoms with Crippen LogP contribution in [0.2, 0.25) is 0 Å². The number of aryl methyl sites for hydroxylation is 1. The smallest absolute Gasteiger partial charge is 0.150 e. The van der Waals surface area contributed by atoms with Gasteiger partial charge < -0.3 is 0 Å². The predicted octanol–water partition coefficient (Wildman–Crippen LogP) is 5.53. The van der Waals surface area contributed by atoms with Gasteiger partial charge in [0.05, 0.1) is 0 Å². The third-order valence-corrected chi connectivity index (χ3v) is 2.45. The summed E-state index contributed by atoms with van der Waals surface area (Å²) in [7, 11) is 0. The standard InChI is InChI=1S/C14H12O.2C2H6/c1-11-6-8-12(9-7-11)14-5-3-2-4-13(14)10-15;2*1-2/h2-10H,1H3;2*1-2H3. The highest BCUT2D eigenvalue weighted by Gasteiger charge is 2.02. The Bertz CT molecular complexity index is 469. The fourth-order valence-electron chi connectivity index (χ4n) is 1.60. The second kappa shape index (κ2) is 10.1. The monoisotopic (exact) mass is 256 g/mol. The zero-order valence-electron chi connectivity index (χ0n) is 12.6. The van der Waals surface area contributed by atoms with E-state index in [1.807, 2.05) is 64.1 Å². The van der Waals surface area contributed by atoms with Crippen LogP contribution in [0.5, 0.6) is 0 Å². The van der Waals surface area contributed by atoms with Gasteiger partial charge >= 0.3 is 0 Å². The van der Waals surface area contributed by atoms with Gasteiger partial charge in [0, 0.05) is 5.56 Å². The Kier molecular flexibility index (Phi) is 9.07. The molecule has 1 nitrogen and oxygen atoms in total. The van der Waals surface area contributed by atoms with Crippen molar-refractivity contribution >= 4 is 6.29 Å². The van der Waals surface area contributed by atoms with Gasteiger partial charge in [-0.1, -0.05) is 81.8 Å². The fourth-order valence-corrected chi connectivity index (χ4v) is 1.60. The molecule has 19 heavy (non-hydrogen) atoms. The van der Waals surface area contributed by atoms with Crippen LogP contribution in [0.3, 0.4) is 0 Å². The number of hydrogen-bond donors (Lipinski definition) is 0. The van der Waals surface area contributed by atoms with Crippen molar-refractivity contribution in [2.24, 2.45) is 0 Å². The molecule has 0 heterocycles. The van der Waals surface area contributed by atoms with Gasteiger partial charge in [-0.15, -0.1) is 0 Å². The van der Waals surface area contributed by atoms with Crippen molar-refractivity contribution in [2.75, 3.05) is 0 Å². The lowest BCUT2D eigenvalue weighted by Crippen LogP contribution is -1.86. The minimum Gasteiger partial charge on any atom is -0.298 e. The molecule has 0 spiro atoms. The molecule has 0 bridgehead atoms. The predicted molar refractivity (Wildman–Crippen MR) is 84.7 cm³/mol. The molecule has 1 heteroatoms. The van der Waals surface area contributed by atoms with Crippen LogP contribution in [0.4, 0.5) is 0 Å². The van der Waals surface area contributed by atoms with E-state index in [4.69, 9.17) is 0 Å². The van der Waals surface area contributed by atoms with E-state index in [1.54, 1.807) is 0 Å². The highest BCUT2D eigenvalue weighted by Crippen LogP contribution is 2.22. The normalized spacial score (nSPS) is 8.47. The molecular formula is C18H24O. The van der Waals surface area contributed by atoms with Gasteiger partial charge in [-0.05, 0) is 18.1 Å². The maximum Gasteiger partial charge on any atom is 0.150 e. The lowest BCUT2D eigenvalue weighted by Gasteiger charge is -2.04. The van der Waals surface area contributed by atoms with Crippen LogP contribution in [0.1, 0.15) is 43.6 Å². The SMILES string of the molecule is CC.CC.Cc1ccc(-c2ccccc2C=O)cc1. The first-order valence-electron chi connectivity index (χ1n) is 6.92. The zero-order chi connectivity index (χ0) is 14.7. The second-order valence-corrected chi connectivity index (χ2v) is 3.57. The van der Waals surface area contributed by atoms with Crippen molar-refractivity contribution in [3.05, 3.63) is 59.7 Å². The first-order chi connectivity index (χ1) is 9.31. The van der Waals surface area contributed by atoms with E-state index in [0.29, 0.717) is 0 Å². The van der Waals surface area contributed by atoms with E-state index in [1.165, 1.54) is 5.56 Å². The number of hydrogen-bond acceptors (Lipinski definition) is 1. The molecule has 0 fully saturated rings. The van der Waals surface area contributed by atoms with Gasteiger partial charge in [0.1, 0.15) is 0 Å². The Balaban J connectivity index is 0.000000741. The third kappa shape index (κ3) is 5.09. The van der Waals surface area contributed by atoms with Crippen molar-refractivity contribution in [2.45, 2.75) is 34.6 Å². The van der Waals surface area contributed by atoms with Crippen LogP contribution < -0.4 is 0 Å². The van der Waals surface area contributed by atoms with E-state index < -0.39 is 0 Å². The quantitative estimate of drug-likeness (QED) is 0.646. The summed E-state index contributed by atoms with van der Waals surface area (Å²) in [6.45, 7) is 10.1. The number of carbonyl (C=O) groups is 1. The summed E-state index contributed by atoms with van der Waals surface area (Å²) < 4.78 is 0. The van der Waals surface area contributed by atoms with Crippen LogP contribution in [-0.2, 0) is 0 Å². The minimum absolute atomic E-state index is 0.737. The summed E-state index contributed by atoms with van der Waals surface area (Å²) in [4.78, 5) is 10.9. The number of rotatable bonds is 2. The maximum absolute atomic E-state index is 10.9. The van der Waals surface area contributed by atoms with E-state index in [9.17, 15) is 4.79 Å². The van der Waals surface area contributed by atoms with Crippen LogP contribution >= 0.6 is 0 Å². The Hall–Kier alpha value is -1.89. The molecule has 0 amide bonds.